The Kier molecular flexibility index (Phi) is 7.95. The van der Waals surface area contributed by atoms with Crippen molar-refractivity contribution >= 4 is 29.2 Å². The number of methoxy groups -OCH3 is 1. The topological polar surface area (TPSA) is 82.1 Å². The first kappa shape index (κ1) is 28.0. The number of nitrogens with zero attached hydrogens (tertiary/aromatic N) is 1. The van der Waals surface area contributed by atoms with Crippen molar-refractivity contribution in [2.24, 2.45) is 23.2 Å². The van der Waals surface area contributed by atoms with Gasteiger partial charge in [-0.1, -0.05) is 35.9 Å². The summed E-state index contributed by atoms with van der Waals surface area (Å²) in [4.78, 5) is 0.0936. The van der Waals surface area contributed by atoms with Gasteiger partial charge in [0.15, 0.2) is 0 Å². The van der Waals surface area contributed by atoms with Crippen LogP contribution < -0.4 is 4.74 Å². The number of hydrogen-bond donors (Lipinski definition) is 0. The van der Waals surface area contributed by atoms with Gasteiger partial charge >= 0.3 is 7.60 Å². The lowest BCUT2D eigenvalue weighted by Crippen LogP contribution is -2.52. The van der Waals surface area contributed by atoms with E-state index in [1.807, 2.05) is 0 Å². The molecule has 4 aliphatic rings. The third kappa shape index (κ3) is 5.54. The minimum absolute atomic E-state index is 0.0407. The molecule has 4 saturated carbocycles. The fourth-order valence-electron chi connectivity index (χ4n) is 7.34. The smallest absolute Gasteiger partial charge is 0.399 e. The quantitative estimate of drug-likeness (QED) is 0.257. The highest BCUT2D eigenvalue weighted by atomic mass is 35.5. The van der Waals surface area contributed by atoms with Gasteiger partial charge in [-0.05, 0) is 100 Å². The third-order valence-corrected chi connectivity index (χ3v) is 11.7. The average molecular weight is 590 g/mol. The zero-order valence-corrected chi connectivity index (χ0v) is 23.5. The molecule has 0 radical (unpaired) electrons. The zero-order valence-electron chi connectivity index (χ0n) is 21.0. The van der Waals surface area contributed by atoms with Crippen molar-refractivity contribution in [3.05, 3.63) is 58.6 Å². The number of benzene rings is 2. The van der Waals surface area contributed by atoms with Crippen LogP contribution in [0.5, 0.6) is 5.75 Å². The predicted octanol–water partition coefficient (Wildman–Crippen LogP) is 7.25. The highest BCUT2D eigenvalue weighted by Crippen LogP contribution is 2.60. The van der Waals surface area contributed by atoms with Gasteiger partial charge in [0.05, 0.1) is 13.3 Å². The van der Waals surface area contributed by atoms with E-state index in [0.29, 0.717) is 29.9 Å². The van der Waals surface area contributed by atoms with E-state index in [2.05, 4.69) is 9.46 Å². The lowest BCUT2D eigenvalue weighted by atomic mass is 9.49. The molecular weight excluding hydrogens is 559 g/mol. The van der Waals surface area contributed by atoms with Crippen LogP contribution in [0.15, 0.2) is 47.4 Å². The molecule has 0 unspecified atom stereocenters. The van der Waals surface area contributed by atoms with Crippen molar-refractivity contribution in [2.45, 2.75) is 56.1 Å². The normalized spacial score (nSPS) is 26.7. The van der Waals surface area contributed by atoms with Crippen LogP contribution in [-0.2, 0) is 36.8 Å². The third-order valence-electron chi connectivity index (χ3n) is 8.41. The van der Waals surface area contributed by atoms with E-state index in [1.54, 1.807) is 30.3 Å². The molecular formula is C26H31ClF2NO6PS. The number of sulfonamides is 1. The minimum atomic E-state index is -4.63. The number of para-hydroxylation sites is 1. The maximum absolute atomic E-state index is 14.1. The first-order chi connectivity index (χ1) is 18.1. The molecule has 208 valence electrons. The Bertz CT molecular complexity index is 1300. The molecule has 7 nitrogen and oxygen atoms in total. The predicted molar refractivity (Wildman–Crippen MR) is 138 cm³/mol. The van der Waals surface area contributed by atoms with Gasteiger partial charge in [0.25, 0.3) is 0 Å². The van der Waals surface area contributed by atoms with Crippen LogP contribution in [0.2, 0.25) is 5.02 Å². The second kappa shape index (κ2) is 10.8. The fourth-order valence-corrected chi connectivity index (χ4v) is 10.2. The monoisotopic (exact) mass is 589 g/mol. The zero-order chi connectivity index (χ0) is 27.1. The van der Waals surface area contributed by atoms with E-state index in [-0.39, 0.29) is 33.2 Å². The molecule has 4 aliphatic carbocycles. The number of hydrogen-bond acceptors (Lipinski definition) is 6. The van der Waals surface area contributed by atoms with E-state index >= 15 is 0 Å². The molecule has 4 fully saturated rings. The summed E-state index contributed by atoms with van der Waals surface area (Å²) in [5.41, 5.74) is 0.658. The summed E-state index contributed by atoms with van der Waals surface area (Å²) >= 11 is 6.35. The maximum Gasteiger partial charge on any atom is 0.399 e. The Hall–Kier alpha value is -1.55. The maximum atomic E-state index is 14.1. The lowest BCUT2D eigenvalue weighted by molar-refractivity contribution is -0.0881. The Morgan fingerprint density at radius 3 is 2.18 bits per heavy atom. The second-order valence-corrected chi connectivity index (χ2v) is 15.3. The first-order valence-corrected chi connectivity index (χ1v) is 16.2. The summed E-state index contributed by atoms with van der Waals surface area (Å²) in [5.74, 6) is 2.22. The molecule has 0 aromatic heterocycles. The second-order valence-electron chi connectivity index (χ2n) is 11.2. The molecule has 0 heterocycles. The van der Waals surface area contributed by atoms with Crippen LogP contribution in [-0.4, -0.2) is 26.4 Å². The summed E-state index contributed by atoms with van der Waals surface area (Å²) in [6.07, 6.45) is 6.09. The SMILES string of the molecule is COc1ccccc1S(=O)(=O)N(Cc1ccc(CP(=O)(OF)OF)c(Cl)c1)CC12CC3CC(CC(C3)C1)C2. The van der Waals surface area contributed by atoms with Crippen molar-refractivity contribution in [2.75, 3.05) is 13.7 Å². The molecule has 0 saturated heterocycles. The molecule has 6 rings (SSSR count). The van der Waals surface area contributed by atoms with Gasteiger partial charge in [-0.15, -0.1) is 9.46 Å². The van der Waals surface area contributed by atoms with Crippen LogP contribution in [0.25, 0.3) is 0 Å². The molecule has 0 N–H and O–H groups in total. The van der Waals surface area contributed by atoms with Crippen molar-refractivity contribution in [1.29, 1.82) is 0 Å². The number of halogens is 3. The van der Waals surface area contributed by atoms with Crippen molar-refractivity contribution < 1.29 is 36.2 Å². The van der Waals surface area contributed by atoms with Crippen LogP contribution in [0.1, 0.15) is 49.7 Å². The largest absolute Gasteiger partial charge is 0.495 e. The first-order valence-electron chi connectivity index (χ1n) is 12.7. The van der Waals surface area contributed by atoms with Gasteiger partial charge in [-0.3, -0.25) is 4.57 Å². The van der Waals surface area contributed by atoms with Crippen LogP contribution in [0, 0.1) is 23.2 Å². The molecule has 4 bridgehead atoms. The standard InChI is InChI=1S/C26H31ClF2NO6PS/c1-34-24-4-2-3-5-25(24)38(32,33)30(17-26-12-19-8-20(13-26)10-21(9-19)14-26)15-18-6-7-22(23(27)11-18)16-37(31,35-28)36-29/h2-7,11,19-21H,8-10,12-17H2,1H3. The van der Waals surface area contributed by atoms with Crippen molar-refractivity contribution in [1.82, 2.24) is 4.31 Å². The van der Waals surface area contributed by atoms with Gasteiger partial charge in [0.2, 0.25) is 10.0 Å². The fraction of sp³-hybridized carbons (Fsp3) is 0.538. The molecule has 2 aromatic rings. The van der Waals surface area contributed by atoms with E-state index in [1.165, 1.54) is 42.8 Å². The highest BCUT2D eigenvalue weighted by molar-refractivity contribution is 7.89. The molecule has 0 aliphatic heterocycles. The van der Waals surface area contributed by atoms with E-state index in [0.717, 1.165) is 19.3 Å². The van der Waals surface area contributed by atoms with E-state index in [4.69, 9.17) is 16.3 Å². The summed E-state index contributed by atoms with van der Waals surface area (Å²) in [6.45, 7) is 0.426. The summed E-state index contributed by atoms with van der Waals surface area (Å²) < 4.78 is 78.5. The molecule has 38 heavy (non-hydrogen) atoms. The Balaban J connectivity index is 1.47. The van der Waals surface area contributed by atoms with Crippen molar-refractivity contribution in [3.8, 4) is 5.75 Å². The van der Waals surface area contributed by atoms with Crippen molar-refractivity contribution in [3.63, 3.8) is 0 Å². The summed E-state index contributed by atoms with van der Waals surface area (Å²) in [7, 11) is -7.15. The van der Waals surface area contributed by atoms with E-state index in [9.17, 15) is 22.0 Å². The van der Waals surface area contributed by atoms with Crippen LogP contribution >= 0.6 is 19.2 Å². The molecule has 2 aromatic carbocycles. The van der Waals surface area contributed by atoms with Crippen LogP contribution in [0.3, 0.4) is 0 Å². The Labute approximate surface area is 226 Å². The van der Waals surface area contributed by atoms with Gasteiger partial charge in [0, 0.05) is 18.1 Å². The summed E-state index contributed by atoms with van der Waals surface area (Å²) in [5, 5.41) is 0.0706. The van der Waals surface area contributed by atoms with Gasteiger partial charge in [0.1, 0.15) is 10.6 Å². The van der Waals surface area contributed by atoms with Gasteiger partial charge in [-0.25, -0.2) is 8.42 Å². The molecule has 0 spiro atoms. The molecule has 0 atom stereocenters. The Morgan fingerprint density at radius 2 is 1.63 bits per heavy atom. The number of ether oxygens (including phenoxy) is 1. The molecule has 12 heteroatoms. The summed E-state index contributed by atoms with van der Waals surface area (Å²) in [6, 6.07) is 11.1. The van der Waals surface area contributed by atoms with Crippen LogP contribution in [0.4, 0.5) is 9.05 Å². The van der Waals surface area contributed by atoms with Gasteiger partial charge < -0.3 is 4.74 Å². The molecule has 0 amide bonds. The number of rotatable bonds is 11. The lowest BCUT2D eigenvalue weighted by Gasteiger charge is -2.57. The highest BCUT2D eigenvalue weighted by Gasteiger charge is 2.52. The minimum Gasteiger partial charge on any atom is -0.495 e. The average Bonchev–Trinajstić information content (AvgIpc) is 2.88. The van der Waals surface area contributed by atoms with E-state index < -0.39 is 23.8 Å². The Morgan fingerprint density at radius 1 is 1.03 bits per heavy atom. The van der Waals surface area contributed by atoms with Gasteiger partial charge in [-0.2, -0.15) is 4.31 Å².